The second-order valence-corrected chi connectivity index (χ2v) is 2.59. The Bertz CT molecular complexity index is 410. The van der Waals surface area contributed by atoms with Crippen molar-refractivity contribution in [2.75, 3.05) is 13.2 Å². The van der Waals surface area contributed by atoms with E-state index in [2.05, 4.69) is 11.8 Å². The first-order valence-electron chi connectivity index (χ1n) is 4.24. The predicted molar refractivity (Wildman–Crippen MR) is 56.8 cm³/mol. The molecule has 0 aliphatic carbocycles. The van der Waals surface area contributed by atoms with Crippen LogP contribution in [-0.2, 0) is 0 Å². The Kier molecular flexibility index (Phi) is 3.94. The first kappa shape index (κ1) is 10.8. The highest BCUT2D eigenvalue weighted by atomic mass is 16.5. The van der Waals surface area contributed by atoms with Gasteiger partial charge in [0.15, 0.2) is 11.5 Å². The molecule has 76 valence electrons. The Balaban J connectivity index is 2.89. The highest BCUT2D eigenvalue weighted by Gasteiger charge is 2.09. The highest BCUT2D eigenvalue weighted by molar-refractivity contribution is 5.50. The van der Waals surface area contributed by atoms with E-state index in [9.17, 15) is 5.11 Å². The van der Waals surface area contributed by atoms with Gasteiger partial charge in [0.05, 0.1) is 0 Å². The predicted octanol–water partition coefficient (Wildman–Crippen LogP) is 1.42. The van der Waals surface area contributed by atoms with Gasteiger partial charge in [-0.25, -0.2) is 0 Å². The van der Waals surface area contributed by atoms with Gasteiger partial charge in [0.2, 0.25) is 5.75 Å². The molecule has 1 rings (SSSR count). The molecule has 0 saturated heterocycles. The zero-order valence-electron chi connectivity index (χ0n) is 8.06. The van der Waals surface area contributed by atoms with Gasteiger partial charge in [-0.05, 0) is 12.1 Å². The topological polar surface area (TPSA) is 38.7 Å². The summed E-state index contributed by atoms with van der Waals surface area (Å²) in [5.74, 6) is 5.18. The van der Waals surface area contributed by atoms with Gasteiger partial charge in [0.1, 0.15) is 13.2 Å². The van der Waals surface area contributed by atoms with E-state index < -0.39 is 0 Å². The highest BCUT2D eigenvalue weighted by Crippen LogP contribution is 2.35. The number of terminal acetylenes is 2. The van der Waals surface area contributed by atoms with Crippen molar-refractivity contribution in [2.45, 2.75) is 0 Å². The Morgan fingerprint density at radius 3 is 2.47 bits per heavy atom. The molecular formula is C12H10O3. The van der Waals surface area contributed by atoms with Crippen LogP contribution in [0.25, 0.3) is 0 Å². The molecule has 15 heavy (non-hydrogen) atoms. The molecule has 1 aromatic rings. The molecule has 1 aromatic carbocycles. The lowest BCUT2D eigenvalue weighted by atomic mass is 10.3. The monoisotopic (exact) mass is 202 g/mol. The van der Waals surface area contributed by atoms with Gasteiger partial charge in [0, 0.05) is 0 Å². The van der Waals surface area contributed by atoms with Gasteiger partial charge in [-0.3, -0.25) is 0 Å². The average molecular weight is 202 g/mol. The molecular weight excluding hydrogens is 192 g/mol. The molecule has 0 aliphatic rings. The summed E-state index contributed by atoms with van der Waals surface area (Å²) >= 11 is 0. The Morgan fingerprint density at radius 1 is 1.13 bits per heavy atom. The van der Waals surface area contributed by atoms with Crippen molar-refractivity contribution in [3.05, 3.63) is 18.2 Å². The van der Waals surface area contributed by atoms with Crippen LogP contribution in [0, 0.1) is 24.7 Å². The van der Waals surface area contributed by atoms with Crippen LogP contribution < -0.4 is 9.47 Å². The molecule has 0 saturated carbocycles. The standard InChI is InChI=1S/C12H10O3/c1-3-8-14-11-7-5-6-10(13)12(11)15-9-4-2/h1-2,5-7,13H,8-9H2. The Labute approximate surface area is 88.6 Å². The van der Waals surface area contributed by atoms with Gasteiger partial charge in [-0.1, -0.05) is 17.9 Å². The molecule has 0 atom stereocenters. The maximum absolute atomic E-state index is 9.49. The fourth-order valence-electron chi connectivity index (χ4n) is 0.996. The van der Waals surface area contributed by atoms with Crippen molar-refractivity contribution in [3.63, 3.8) is 0 Å². The first-order chi connectivity index (χ1) is 7.29. The summed E-state index contributed by atoms with van der Waals surface area (Å²) in [6.07, 6.45) is 10.1. The summed E-state index contributed by atoms with van der Waals surface area (Å²) in [6.45, 7) is 0.167. The summed E-state index contributed by atoms with van der Waals surface area (Å²) in [4.78, 5) is 0. The molecule has 0 aromatic heterocycles. The first-order valence-corrected chi connectivity index (χ1v) is 4.24. The summed E-state index contributed by atoms with van der Waals surface area (Å²) < 4.78 is 10.3. The van der Waals surface area contributed by atoms with Crippen LogP contribution in [0.3, 0.4) is 0 Å². The van der Waals surface area contributed by atoms with Crippen molar-refractivity contribution in [1.29, 1.82) is 0 Å². The lowest BCUT2D eigenvalue weighted by Crippen LogP contribution is -1.99. The van der Waals surface area contributed by atoms with Gasteiger partial charge >= 0.3 is 0 Å². The lowest BCUT2D eigenvalue weighted by molar-refractivity contribution is 0.299. The summed E-state index contributed by atoms with van der Waals surface area (Å²) in [7, 11) is 0. The van der Waals surface area contributed by atoms with Crippen molar-refractivity contribution < 1.29 is 14.6 Å². The third-order valence-electron chi connectivity index (χ3n) is 1.57. The molecule has 0 bridgehead atoms. The molecule has 0 aliphatic heterocycles. The molecule has 0 spiro atoms. The van der Waals surface area contributed by atoms with Crippen LogP contribution in [0.4, 0.5) is 0 Å². The number of hydrogen-bond acceptors (Lipinski definition) is 3. The van der Waals surface area contributed by atoms with Crippen molar-refractivity contribution in [1.82, 2.24) is 0 Å². The van der Waals surface area contributed by atoms with Gasteiger partial charge in [0.25, 0.3) is 0 Å². The number of aromatic hydroxyl groups is 1. The van der Waals surface area contributed by atoms with E-state index >= 15 is 0 Å². The number of para-hydroxylation sites is 1. The van der Waals surface area contributed by atoms with E-state index in [1.54, 1.807) is 12.1 Å². The number of hydrogen-bond donors (Lipinski definition) is 1. The minimum atomic E-state index is -0.0280. The zero-order chi connectivity index (χ0) is 11.1. The molecule has 0 heterocycles. The van der Waals surface area contributed by atoms with E-state index in [-0.39, 0.29) is 24.7 Å². The number of rotatable bonds is 4. The average Bonchev–Trinajstić information content (AvgIpc) is 2.25. The number of phenolic OH excluding ortho intramolecular Hbond substituents is 1. The number of phenols is 1. The fourth-order valence-corrected chi connectivity index (χ4v) is 0.996. The summed E-state index contributed by atoms with van der Waals surface area (Å²) in [5, 5.41) is 9.49. The molecule has 3 heteroatoms. The van der Waals surface area contributed by atoms with E-state index in [4.69, 9.17) is 22.3 Å². The SMILES string of the molecule is C#CCOc1cccc(O)c1OCC#C. The van der Waals surface area contributed by atoms with Crippen LogP contribution >= 0.6 is 0 Å². The zero-order valence-corrected chi connectivity index (χ0v) is 8.06. The summed E-state index contributed by atoms with van der Waals surface area (Å²) in [6, 6.07) is 4.75. The second-order valence-electron chi connectivity index (χ2n) is 2.59. The molecule has 0 unspecified atom stereocenters. The van der Waals surface area contributed by atoms with Gasteiger partial charge in [-0.15, -0.1) is 12.8 Å². The maximum Gasteiger partial charge on any atom is 0.204 e. The number of benzene rings is 1. The van der Waals surface area contributed by atoms with Gasteiger partial charge < -0.3 is 14.6 Å². The maximum atomic E-state index is 9.49. The largest absolute Gasteiger partial charge is 0.504 e. The quantitative estimate of drug-likeness (QED) is 0.750. The third kappa shape index (κ3) is 2.86. The van der Waals surface area contributed by atoms with Crippen LogP contribution in [-0.4, -0.2) is 18.3 Å². The number of ether oxygens (including phenoxy) is 2. The van der Waals surface area contributed by atoms with E-state index in [1.165, 1.54) is 6.07 Å². The smallest absolute Gasteiger partial charge is 0.204 e. The van der Waals surface area contributed by atoms with E-state index in [1.807, 2.05) is 0 Å². The Morgan fingerprint density at radius 2 is 1.80 bits per heavy atom. The molecule has 0 fully saturated rings. The fraction of sp³-hybridized carbons (Fsp3) is 0.167. The molecule has 0 radical (unpaired) electrons. The summed E-state index contributed by atoms with van der Waals surface area (Å²) in [5.41, 5.74) is 0. The van der Waals surface area contributed by atoms with Gasteiger partial charge in [-0.2, -0.15) is 0 Å². The normalized spacial score (nSPS) is 8.67. The van der Waals surface area contributed by atoms with E-state index in [0.717, 1.165) is 0 Å². The van der Waals surface area contributed by atoms with Crippen molar-refractivity contribution in [3.8, 4) is 41.9 Å². The van der Waals surface area contributed by atoms with Crippen LogP contribution in [0.5, 0.6) is 17.2 Å². The van der Waals surface area contributed by atoms with Crippen molar-refractivity contribution in [2.24, 2.45) is 0 Å². The Hall–Kier alpha value is -2.26. The van der Waals surface area contributed by atoms with Crippen LogP contribution in [0.15, 0.2) is 18.2 Å². The molecule has 3 nitrogen and oxygen atoms in total. The van der Waals surface area contributed by atoms with E-state index in [0.29, 0.717) is 5.75 Å². The lowest BCUT2D eigenvalue weighted by Gasteiger charge is -2.10. The van der Waals surface area contributed by atoms with Crippen molar-refractivity contribution >= 4 is 0 Å². The minimum Gasteiger partial charge on any atom is -0.504 e. The van der Waals surface area contributed by atoms with Crippen LogP contribution in [0.1, 0.15) is 0 Å². The third-order valence-corrected chi connectivity index (χ3v) is 1.57. The minimum absolute atomic E-state index is 0.0280. The molecule has 1 N–H and O–H groups in total. The van der Waals surface area contributed by atoms with Crippen LogP contribution in [0.2, 0.25) is 0 Å². The molecule has 0 amide bonds. The second kappa shape index (κ2) is 5.47.